The second-order valence-electron chi connectivity index (χ2n) is 11.2. The summed E-state index contributed by atoms with van der Waals surface area (Å²) >= 11 is 0. The predicted octanol–water partition coefficient (Wildman–Crippen LogP) is 3.24. The molecule has 0 radical (unpaired) electrons. The highest BCUT2D eigenvalue weighted by atomic mass is 19.1. The summed E-state index contributed by atoms with van der Waals surface area (Å²) in [5.74, 6) is -8.11. The molecule has 1 saturated carbocycles. The Balaban J connectivity index is 1.48. The molecule has 2 heterocycles. The van der Waals surface area contributed by atoms with Gasteiger partial charge in [0.25, 0.3) is 0 Å². The van der Waals surface area contributed by atoms with Gasteiger partial charge in [-0.05, 0) is 55.5 Å². The van der Waals surface area contributed by atoms with Crippen LogP contribution in [0.4, 0.5) is 10.1 Å². The normalized spacial score (nSPS) is 31.1. The van der Waals surface area contributed by atoms with E-state index in [2.05, 4.69) is 0 Å². The first-order valence-electron chi connectivity index (χ1n) is 13.2. The number of amides is 4. The Bertz CT molecular complexity index is 1500. The molecule has 10 heteroatoms. The summed E-state index contributed by atoms with van der Waals surface area (Å²) in [6.07, 6.45) is 1.79. The molecule has 6 unspecified atom stereocenters. The molecular weight excluding hydrogens is 519 g/mol. The summed E-state index contributed by atoms with van der Waals surface area (Å²) in [6.45, 7) is 1.45. The summed E-state index contributed by atoms with van der Waals surface area (Å²) < 4.78 is 14.7. The lowest BCUT2D eigenvalue weighted by atomic mass is 9.51. The Morgan fingerprint density at radius 3 is 2.42 bits per heavy atom. The van der Waals surface area contributed by atoms with Gasteiger partial charge in [0, 0.05) is 12.5 Å². The number of hydrogen-bond donors (Lipinski definition) is 2. The summed E-state index contributed by atoms with van der Waals surface area (Å²) in [5.41, 5.74) is 0.154. The van der Waals surface area contributed by atoms with E-state index in [1.807, 2.05) is 6.08 Å². The largest absolute Gasteiger partial charge is 0.505 e. The number of carboxylic acid groups (broad SMARTS) is 1. The fourth-order valence-corrected chi connectivity index (χ4v) is 7.41. The Morgan fingerprint density at radius 2 is 1.75 bits per heavy atom. The number of imide groups is 2. The molecule has 206 valence electrons. The quantitative estimate of drug-likeness (QED) is 0.435. The van der Waals surface area contributed by atoms with Crippen LogP contribution in [0.1, 0.15) is 37.7 Å². The van der Waals surface area contributed by atoms with Crippen molar-refractivity contribution < 1.29 is 38.6 Å². The molecule has 6 rings (SSSR count). The maximum atomic E-state index is 14.7. The van der Waals surface area contributed by atoms with E-state index in [4.69, 9.17) is 5.11 Å². The third-order valence-corrected chi connectivity index (χ3v) is 9.23. The number of likely N-dealkylation sites (tertiary alicyclic amines) is 1. The van der Waals surface area contributed by atoms with E-state index < -0.39 is 76.2 Å². The third kappa shape index (κ3) is 3.54. The van der Waals surface area contributed by atoms with Crippen LogP contribution in [0, 0.1) is 34.9 Å². The van der Waals surface area contributed by atoms with E-state index >= 15 is 0 Å². The summed E-state index contributed by atoms with van der Waals surface area (Å²) in [4.78, 5) is 68.2. The molecule has 2 N–H and O–H groups in total. The summed E-state index contributed by atoms with van der Waals surface area (Å²) in [5, 5.41) is 19.0. The zero-order chi connectivity index (χ0) is 28.5. The first-order chi connectivity index (χ1) is 19.1. The number of carbonyl (C=O) groups excluding carboxylic acids is 4. The molecule has 4 aliphatic rings. The van der Waals surface area contributed by atoms with Crippen molar-refractivity contribution in [1.82, 2.24) is 4.90 Å². The van der Waals surface area contributed by atoms with E-state index in [1.54, 1.807) is 37.3 Å². The number of nitrogens with zero attached hydrogens (tertiary/aromatic N) is 2. The highest BCUT2D eigenvalue weighted by Crippen LogP contribution is 2.63. The zero-order valence-electron chi connectivity index (χ0n) is 21.6. The molecule has 2 saturated heterocycles. The van der Waals surface area contributed by atoms with Gasteiger partial charge in [-0.2, -0.15) is 0 Å². The standard InChI is InChI=1S/C30H27FN2O7/c1-30-20(27(38)33(29(30)40)16-5-3-2-4-6-16)14-19-17(25(30)15-7-10-22(34)21(31)13-15)8-9-18-24(19)28(39)32(26(18)37)12-11-23(35)36/h2-8,10,13,18-20,24-25,34H,9,11-12,14H2,1H3,(H,35,36). The van der Waals surface area contributed by atoms with E-state index in [1.165, 1.54) is 12.1 Å². The number of aromatic hydroxyl groups is 1. The topological polar surface area (TPSA) is 132 Å². The fraction of sp³-hybridized carbons (Fsp3) is 0.367. The first kappa shape index (κ1) is 25.9. The molecule has 3 fully saturated rings. The molecular formula is C30H27FN2O7. The van der Waals surface area contributed by atoms with E-state index in [-0.39, 0.29) is 25.8 Å². The number of benzene rings is 2. The fourth-order valence-electron chi connectivity index (χ4n) is 7.41. The van der Waals surface area contributed by atoms with Crippen LogP contribution in [-0.4, -0.2) is 51.3 Å². The smallest absolute Gasteiger partial charge is 0.305 e. The van der Waals surface area contributed by atoms with Gasteiger partial charge >= 0.3 is 5.97 Å². The summed E-state index contributed by atoms with van der Waals surface area (Å²) in [6, 6.07) is 12.4. The van der Waals surface area contributed by atoms with Crippen molar-refractivity contribution in [2.75, 3.05) is 11.4 Å². The Hall–Kier alpha value is -4.34. The number of fused-ring (bicyclic) bond motifs is 4. The SMILES string of the molecule is CC12C(=O)N(c3ccccc3)C(=O)C1CC1C(=CCC3C(=O)N(CCC(=O)O)C(=O)C31)C2c1ccc(O)c(F)c1. The van der Waals surface area contributed by atoms with Crippen LogP contribution in [0.3, 0.4) is 0 Å². The minimum atomic E-state index is -1.32. The van der Waals surface area contributed by atoms with Crippen LogP contribution >= 0.6 is 0 Å². The number of anilines is 1. The van der Waals surface area contributed by atoms with Crippen molar-refractivity contribution in [3.8, 4) is 5.75 Å². The molecule has 0 bridgehead atoms. The average molecular weight is 547 g/mol. The number of hydrogen-bond acceptors (Lipinski definition) is 6. The third-order valence-electron chi connectivity index (χ3n) is 9.23. The maximum absolute atomic E-state index is 14.7. The van der Waals surface area contributed by atoms with Crippen LogP contribution < -0.4 is 4.90 Å². The van der Waals surface area contributed by atoms with Crippen molar-refractivity contribution in [1.29, 1.82) is 0 Å². The molecule has 4 amide bonds. The number of phenols is 1. The second kappa shape index (κ2) is 9.11. The van der Waals surface area contributed by atoms with Crippen molar-refractivity contribution in [2.24, 2.45) is 29.1 Å². The Labute approximate surface area is 228 Å². The number of allylic oxidation sites excluding steroid dienone is 2. The lowest BCUT2D eigenvalue weighted by Crippen LogP contribution is -2.48. The molecule has 0 aromatic heterocycles. The molecule has 0 spiro atoms. The number of carbonyl (C=O) groups is 5. The molecule has 2 aromatic rings. The maximum Gasteiger partial charge on any atom is 0.305 e. The van der Waals surface area contributed by atoms with Crippen LogP contribution in [0.2, 0.25) is 0 Å². The van der Waals surface area contributed by atoms with Gasteiger partial charge in [-0.15, -0.1) is 0 Å². The predicted molar refractivity (Wildman–Crippen MR) is 138 cm³/mol. The van der Waals surface area contributed by atoms with E-state index in [0.717, 1.165) is 15.9 Å². The number of para-hydroxylation sites is 1. The Kier molecular flexibility index (Phi) is 5.90. The monoisotopic (exact) mass is 546 g/mol. The van der Waals surface area contributed by atoms with Gasteiger partial charge in [-0.1, -0.05) is 35.9 Å². The highest BCUT2D eigenvalue weighted by molar-refractivity contribution is 6.24. The van der Waals surface area contributed by atoms with Gasteiger partial charge in [-0.3, -0.25) is 28.9 Å². The number of phenolic OH excluding ortho intramolecular Hbond substituents is 1. The Morgan fingerprint density at radius 1 is 1.02 bits per heavy atom. The molecule has 6 atom stereocenters. The number of aliphatic carboxylic acids is 1. The number of halogens is 1. The van der Waals surface area contributed by atoms with Crippen LogP contribution in [0.5, 0.6) is 5.75 Å². The van der Waals surface area contributed by atoms with E-state index in [9.17, 15) is 33.5 Å². The van der Waals surface area contributed by atoms with Crippen molar-refractivity contribution in [3.63, 3.8) is 0 Å². The molecule has 2 aromatic carbocycles. The number of carboxylic acids is 1. The van der Waals surface area contributed by atoms with Gasteiger partial charge in [0.1, 0.15) is 0 Å². The highest BCUT2D eigenvalue weighted by Gasteiger charge is 2.67. The molecule has 2 aliphatic heterocycles. The average Bonchev–Trinajstić information content (AvgIpc) is 3.29. The van der Waals surface area contributed by atoms with E-state index in [0.29, 0.717) is 16.8 Å². The van der Waals surface area contributed by atoms with Gasteiger partial charge in [0.15, 0.2) is 11.6 Å². The van der Waals surface area contributed by atoms with Gasteiger partial charge < -0.3 is 10.2 Å². The van der Waals surface area contributed by atoms with Crippen molar-refractivity contribution in [3.05, 3.63) is 71.6 Å². The molecule has 40 heavy (non-hydrogen) atoms. The first-order valence-corrected chi connectivity index (χ1v) is 13.2. The van der Waals surface area contributed by atoms with Crippen LogP contribution in [-0.2, 0) is 24.0 Å². The van der Waals surface area contributed by atoms with Gasteiger partial charge in [-0.25, -0.2) is 9.29 Å². The molecule has 2 aliphatic carbocycles. The second-order valence-corrected chi connectivity index (χ2v) is 11.2. The van der Waals surface area contributed by atoms with Gasteiger partial charge in [0.05, 0.1) is 35.3 Å². The molecule has 9 nitrogen and oxygen atoms in total. The summed E-state index contributed by atoms with van der Waals surface area (Å²) in [7, 11) is 0. The van der Waals surface area contributed by atoms with Gasteiger partial charge in [0.2, 0.25) is 23.6 Å². The zero-order valence-corrected chi connectivity index (χ0v) is 21.6. The van der Waals surface area contributed by atoms with Crippen LogP contribution in [0.25, 0.3) is 0 Å². The lowest BCUT2D eigenvalue weighted by molar-refractivity contribution is -0.142. The van der Waals surface area contributed by atoms with Crippen LogP contribution in [0.15, 0.2) is 60.2 Å². The lowest BCUT2D eigenvalue weighted by Gasteiger charge is -2.49. The minimum Gasteiger partial charge on any atom is -0.505 e. The minimum absolute atomic E-state index is 0.139. The van der Waals surface area contributed by atoms with Crippen molar-refractivity contribution in [2.45, 2.75) is 32.1 Å². The van der Waals surface area contributed by atoms with Crippen molar-refractivity contribution >= 4 is 35.3 Å². The number of rotatable bonds is 5.